The summed E-state index contributed by atoms with van der Waals surface area (Å²) in [5.74, 6) is -0.0569. The number of nitrogens with one attached hydrogen (secondary N) is 1. The van der Waals surface area contributed by atoms with Gasteiger partial charge in [0.05, 0.1) is 6.04 Å². The molecule has 0 unspecified atom stereocenters. The molecule has 0 aliphatic carbocycles. The Balaban J connectivity index is 2.06. The van der Waals surface area contributed by atoms with E-state index in [9.17, 15) is 4.79 Å². The summed E-state index contributed by atoms with van der Waals surface area (Å²) in [7, 11) is 0. The van der Waals surface area contributed by atoms with Crippen LogP contribution in [0.5, 0.6) is 0 Å². The van der Waals surface area contributed by atoms with E-state index in [0.29, 0.717) is 5.56 Å². The lowest BCUT2D eigenvalue weighted by Gasteiger charge is -2.15. The minimum atomic E-state index is -0.0569. The smallest absolute Gasteiger partial charge is 0.251 e. The van der Waals surface area contributed by atoms with Crippen LogP contribution >= 0.6 is 31.9 Å². The Hall–Kier alpha value is -1.13. The predicted molar refractivity (Wildman–Crippen MR) is 89.1 cm³/mol. The van der Waals surface area contributed by atoms with Crippen molar-refractivity contribution < 1.29 is 4.79 Å². The SMILES string of the molecule is C[C@H](NC(=O)c1ccc(CBr)cc1)c1cccc(Br)c1. The standard InChI is InChI=1S/C16H15Br2NO/c1-11(14-3-2-4-15(18)9-14)19-16(20)13-7-5-12(10-17)6-8-13/h2-9,11H,10H2,1H3,(H,19,20)/t11-/m0/s1. The van der Waals surface area contributed by atoms with E-state index in [0.717, 1.165) is 20.9 Å². The topological polar surface area (TPSA) is 29.1 Å². The normalized spacial score (nSPS) is 11.9. The molecule has 0 aliphatic rings. The van der Waals surface area contributed by atoms with Crippen LogP contribution in [0.15, 0.2) is 53.0 Å². The predicted octanol–water partition coefficient (Wildman–Crippen LogP) is 4.84. The highest BCUT2D eigenvalue weighted by Crippen LogP contribution is 2.18. The Morgan fingerprint density at radius 3 is 2.50 bits per heavy atom. The molecule has 0 aromatic heterocycles. The zero-order valence-electron chi connectivity index (χ0n) is 11.1. The number of carbonyl (C=O) groups excluding carboxylic acids is 1. The zero-order valence-corrected chi connectivity index (χ0v) is 14.2. The number of benzene rings is 2. The van der Waals surface area contributed by atoms with E-state index in [4.69, 9.17) is 0 Å². The molecule has 0 spiro atoms. The summed E-state index contributed by atoms with van der Waals surface area (Å²) in [6.07, 6.45) is 0. The molecule has 20 heavy (non-hydrogen) atoms. The molecule has 0 heterocycles. The first-order valence-electron chi connectivity index (χ1n) is 6.31. The Labute approximate surface area is 135 Å². The highest BCUT2D eigenvalue weighted by molar-refractivity contribution is 9.10. The maximum atomic E-state index is 12.2. The van der Waals surface area contributed by atoms with Gasteiger partial charge in [0.25, 0.3) is 5.91 Å². The molecular formula is C16H15Br2NO. The molecule has 0 bridgehead atoms. The second-order valence-electron chi connectivity index (χ2n) is 4.58. The quantitative estimate of drug-likeness (QED) is 0.736. The number of rotatable bonds is 4. The second-order valence-corrected chi connectivity index (χ2v) is 6.06. The number of hydrogen-bond acceptors (Lipinski definition) is 1. The van der Waals surface area contributed by atoms with Crippen molar-refractivity contribution in [1.29, 1.82) is 0 Å². The number of hydrogen-bond donors (Lipinski definition) is 1. The third-order valence-corrected chi connectivity index (χ3v) is 4.21. The molecule has 2 rings (SSSR count). The first-order chi connectivity index (χ1) is 9.60. The van der Waals surface area contributed by atoms with E-state index in [2.05, 4.69) is 37.2 Å². The number of carbonyl (C=O) groups is 1. The summed E-state index contributed by atoms with van der Waals surface area (Å²) < 4.78 is 1.01. The molecule has 1 amide bonds. The van der Waals surface area contributed by atoms with Crippen LogP contribution in [0.4, 0.5) is 0 Å². The molecule has 2 aromatic rings. The lowest BCUT2D eigenvalue weighted by molar-refractivity contribution is 0.0940. The summed E-state index contributed by atoms with van der Waals surface area (Å²) in [4.78, 5) is 12.2. The van der Waals surface area contributed by atoms with Crippen LogP contribution in [-0.4, -0.2) is 5.91 Å². The molecule has 0 fully saturated rings. The average Bonchev–Trinajstić information content (AvgIpc) is 2.47. The van der Waals surface area contributed by atoms with Crippen molar-refractivity contribution in [2.24, 2.45) is 0 Å². The van der Waals surface area contributed by atoms with Crippen molar-refractivity contribution in [1.82, 2.24) is 5.32 Å². The fourth-order valence-electron chi connectivity index (χ4n) is 1.88. The fraction of sp³-hybridized carbons (Fsp3) is 0.188. The monoisotopic (exact) mass is 395 g/mol. The summed E-state index contributed by atoms with van der Waals surface area (Å²) in [5.41, 5.74) is 2.91. The molecule has 0 saturated carbocycles. The third-order valence-electron chi connectivity index (χ3n) is 3.07. The first kappa shape index (κ1) is 15.3. The van der Waals surface area contributed by atoms with E-state index in [1.165, 1.54) is 0 Å². The summed E-state index contributed by atoms with van der Waals surface area (Å²) >= 11 is 6.83. The van der Waals surface area contributed by atoms with Crippen LogP contribution in [0, 0.1) is 0 Å². The lowest BCUT2D eigenvalue weighted by Crippen LogP contribution is -2.26. The zero-order chi connectivity index (χ0) is 14.5. The van der Waals surface area contributed by atoms with Crippen LogP contribution < -0.4 is 5.32 Å². The second kappa shape index (κ2) is 7.04. The van der Waals surface area contributed by atoms with Gasteiger partial charge in [0.2, 0.25) is 0 Å². The molecule has 2 nitrogen and oxygen atoms in total. The van der Waals surface area contributed by atoms with Crippen molar-refractivity contribution in [3.63, 3.8) is 0 Å². The van der Waals surface area contributed by atoms with Crippen LogP contribution in [0.1, 0.15) is 34.5 Å². The number of halogens is 2. The van der Waals surface area contributed by atoms with Crippen LogP contribution in [0.2, 0.25) is 0 Å². The highest BCUT2D eigenvalue weighted by Gasteiger charge is 2.11. The number of amides is 1. The molecule has 1 N–H and O–H groups in total. The van der Waals surface area contributed by atoms with E-state index in [1.807, 2.05) is 55.5 Å². The van der Waals surface area contributed by atoms with Gasteiger partial charge in [-0.3, -0.25) is 4.79 Å². The molecule has 104 valence electrons. The van der Waals surface area contributed by atoms with Gasteiger partial charge in [-0.05, 0) is 42.3 Å². The van der Waals surface area contributed by atoms with Crippen LogP contribution in [0.25, 0.3) is 0 Å². The molecule has 0 aliphatic heterocycles. The van der Waals surface area contributed by atoms with Crippen molar-refractivity contribution >= 4 is 37.8 Å². The first-order valence-corrected chi connectivity index (χ1v) is 8.23. The van der Waals surface area contributed by atoms with Gasteiger partial charge in [-0.25, -0.2) is 0 Å². The van der Waals surface area contributed by atoms with E-state index >= 15 is 0 Å². The van der Waals surface area contributed by atoms with Gasteiger partial charge >= 0.3 is 0 Å². The van der Waals surface area contributed by atoms with Gasteiger partial charge in [0, 0.05) is 15.4 Å². The third kappa shape index (κ3) is 3.93. The maximum Gasteiger partial charge on any atom is 0.251 e. The van der Waals surface area contributed by atoms with E-state index in [-0.39, 0.29) is 11.9 Å². The van der Waals surface area contributed by atoms with Gasteiger partial charge in [-0.15, -0.1) is 0 Å². The average molecular weight is 397 g/mol. The van der Waals surface area contributed by atoms with Crippen molar-refractivity contribution in [2.45, 2.75) is 18.3 Å². The molecule has 4 heteroatoms. The van der Waals surface area contributed by atoms with Crippen molar-refractivity contribution in [3.8, 4) is 0 Å². The van der Waals surface area contributed by atoms with E-state index < -0.39 is 0 Å². The minimum absolute atomic E-state index is 0.0316. The molecular weight excluding hydrogens is 382 g/mol. The fourth-order valence-corrected chi connectivity index (χ4v) is 2.68. The van der Waals surface area contributed by atoms with Crippen molar-refractivity contribution in [3.05, 3.63) is 69.7 Å². The summed E-state index contributed by atoms with van der Waals surface area (Å²) in [6.45, 7) is 1.98. The Morgan fingerprint density at radius 2 is 1.90 bits per heavy atom. The highest BCUT2D eigenvalue weighted by atomic mass is 79.9. The molecule has 2 aromatic carbocycles. The summed E-state index contributed by atoms with van der Waals surface area (Å²) in [6, 6.07) is 15.5. The number of alkyl halides is 1. The lowest BCUT2D eigenvalue weighted by atomic mass is 10.1. The molecule has 1 atom stereocenters. The van der Waals surface area contributed by atoms with Gasteiger partial charge in [-0.1, -0.05) is 56.1 Å². The van der Waals surface area contributed by atoms with Gasteiger partial charge in [0.1, 0.15) is 0 Å². The van der Waals surface area contributed by atoms with Crippen LogP contribution in [-0.2, 0) is 5.33 Å². The van der Waals surface area contributed by atoms with Crippen molar-refractivity contribution in [2.75, 3.05) is 0 Å². The van der Waals surface area contributed by atoms with Gasteiger partial charge in [0.15, 0.2) is 0 Å². The summed E-state index contributed by atoms with van der Waals surface area (Å²) in [5, 5.41) is 3.80. The Bertz CT molecular complexity index is 596. The maximum absolute atomic E-state index is 12.2. The molecule has 0 radical (unpaired) electrons. The van der Waals surface area contributed by atoms with Crippen LogP contribution in [0.3, 0.4) is 0 Å². The van der Waals surface area contributed by atoms with E-state index in [1.54, 1.807) is 0 Å². The Kier molecular flexibility index (Phi) is 5.38. The van der Waals surface area contributed by atoms with Gasteiger partial charge < -0.3 is 5.32 Å². The largest absolute Gasteiger partial charge is 0.346 e. The Morgan fingerprint density at radius 1 is 1.20 bits per heavy atom. The minimum Gasteiger partial charge on any atom is -0.346 e. The van der Waals surface area contributed by atoms with Gasteiger partial charge in [-0.2, -0.15) is 0 Å². The molecule has 0 saturated heterocycles.